The smallest absolute Gasteiger partial charge is 0.0835 e. The summed E-state index contributed by atoms with van der Waals surface area (Å²) in [6, 6.07) is 22.1. The average molecular weight is 338 g/mol. The lowest BCUT2D eigenvalue weighted by Crippen LogP contribution is -2.12. The van der Waals surface area contributed by atoms with Crippen molar-refractivity contribution in [1.29, 1.82) is 0 Å². The summed E-state index contributed by atoms with van der Waals surface area (Å²) in [6.45, 7) is 0. The SMILES string of the molecule is Clc1cccc(Cl)c1N1c2ccccc2C=Cc2ccccc21. The van der Waals surface area contributed by atoms with Crippen molar-refractivity contribution >= 4 is 52.4 Å². The third-order valence-electron chi connectivity index (χ3n) is 3.96. The first-order valence-corrected chi connectivity index (χ1v) is 8.11. The largest absolute Gasteiger partial charge is 0.306 e. The number of fused-ring (bicyclic) bond motifs is 2. The lowest BCUT2D eigenvalue weighted by atomic mass is 10.1. The molecule has 0 spiro atoms. The fraction of sp³-hybridized carbons (Fsp3) is 0. The maximum atomic E-state index is 6.50. The van der Waals surface area contributed by atoms with Crippen molar-refractivity contribution < 1.29 is 0 Å². The summed E-state index contributed by atoms with van der Waals surface area (Å²) in [5, 5.41) is 1.26. The van der Waals surface area contributed by atoms with Gasteiger partial charge in [-0.2, -0.15) is 0 Å². The van der Waals surface area contributed by atoms with E-state index in [1.54, 1.807) is 0 Å². The molecular formula is C20H13Cl2N. The minimum Gasteiger partial charge on any atom is -0.306 e. The first-order chi connectivity index (χ1) is 11.3. The molecule has 0 radical (unpaired) electrons. The monoisotopic (exact) mass is 337 g/mol. The Hall–Kier alpha value is -2.22. The highest BCUT2D eigenvalue weighted by Crippen LogP contribution is 2.46. The van der Waals surface area contributed by atoms with Gasteiger partial charge in [-0.25, -0.2) is 0 Å². The number of halogens is 2. The molecule has 0 bridgehead atoms. The highest BCUT2D eigenvalue weighted by molar-refractivity contribution is 6.39. The number of rotatable bonds is 1. The Balaban J connectivity index is 2.07. The molecule has 4 rings (SSSR count). The van der Waals surface area contributed by atoms with Crippen molar-refractivity contribution in [3.63, 3.8) is 0 Å². The van der Waals surface area contributed by atoms with Gasteiger partial charge in [-0.05, 0) is 35.4 Å². The van der Waals surface area contributed by atoms with Crippen LogP contribution < -0.4 is 4.90 Å². The molecule has 0 aromatic heterocycles. The molecule has 0 saturated carbocycles. The Morgan fingerprint density at radius 1 is 0.565 bits per heavy atom. The van der Waals surface area contributed by atoms with E-state index in [1.165, 1.54) is 0 Å². The van der Waals surface area contributed by atoms with Gasteiger partial charge in [0.05, 0.1) is 27.1 Å². The number of para-hydroxylation sites is 3. The van der Waals surface area contributed by atoms with E-state index in [9.17, 15) is 0 Å². The summed E-state index contributed by atoms with van der Waals surface area (Å²) in [7, 11) is 0. The van der Waals surface area contributed by atoms with E-state index in [0.29, 0.717) is 10.0 Å². The van der Waals surface area contributed by atoms with E-state index in [4.69, 9.17) is 23.2 Å². The fourth-order valence-electron chi connectivity index (χ4n) is 2.92. The van der Waals surface area contributed by atoms with Crippen LogP contribution in [0.15, 0.2) is 66.7 Å². The quantitative estimate of drug-likeness (QED) is 0.363. The van der Waals surface area contributed by atoms with Gasteiger partial charge in [0.25, 0.3) is 0 Å². The molecule has 0 N–H and O–H groups in total. The van der Waals surface area contributed by atoms with Crippen LogP contribution in [0.4, 0.5) is 17.1 Å². The van der Waals surface area contributed by atoms with Crippen molar-refractivity contribution in [2.45, 2.75) is 0 Å². The van der Waals surface area contributed by atoms with Crippen LogP contribution in [0.3, 0.4) is 0 Å². The van der Waals surface area contributed by atoms with E-state index in [-0.39, 0.29) is 0 Å². The van der Waals surface area contributed by atoms with Crippen LogP contribution in [0.1, 0.15) is 11.1 Å². The van der Waals surface area contributed by atoms with Crippen molar-refractivity contribution in [3.05, 3.63) is 87.9 Å². The average Bonchev–Trinajstić information content (AvgIpc) is 2.73. The molecule has 0 unspecified atom stereocenters. The molecule has 0 fully saturated rings. The summed E-state index contributed by atoms with van der Waals surface area (Å²) in [4.78, 5) is 2.13. The molecule has 3 aromatic rings. The van der Waals surface area contributed by atoms with E-state index in [1.807, 2.05) is 42.5 Å². The van der Waals surface area contributed by atoms with Crippen LogP contribution in [0.25, 0.3) is 12.2 Å². The number of anilines is 3. The number of hydrogen-bond donors (Lipinski definition) is 0. The molecule has 1 aliphatic heterocycles. The summed E-state index contributed by atoms with van der Waals surface area (Å²) < 4.78 is 0. The second-order valence-electron chi connectivity index (χ2n) is 5.36. The van der Waals surface area contributed by atoms with E-state index in [2.05, 4.69) is 41.3 Å². The molecule has 0 amide bonds. The Labute approximate surface area is 145 Å². The highest BCUT2D eigenvalue weighted by Gasteiger charge is 2.23. The van der Waals surface area contributed by atoms with Gasteiger partial charge in [0, 0.05) is 0 Å². The van der Waals surface area contributed by atoms with Crippen LogP contribution >= 0.6 is 23.2 Å². The van der Waals surface area contributed by atoms with Gasteiger partial charge in [0.1, 0.15) is 0 Å². The highest BCUT2D eigenvalue weighted by atomic mass is 35.5. The molecule has 0 saturated heterocycles. The van der Waals surface area contributed by atoms with Crippen molar-refractivity contribution in [2.24, 2.45) is 0 Å². The van der Waals surface area contributed by atoms with Gasteiger partial charge >= 0.3 is 0 Å². The Bertz CT molecular complexity index is 845. The van der Waals surface area contributed by atoms with E-state index >= 15 is 0 Å². The first kappa shape index (κ1) is 14.4. The molecule has 1 aliphatic rings. The molecule has 0 aliphatic carbocycles. The summed E-state index contributed by atoms with van der Waals surface area (Å²) >= 11 is 13.0. The van der Waals surface area contributed by atoms with Crippen molar-refractivity contribution in [1.82, 2.24) is 0 Å². The number of hydrogen-bond acceptors (Lipinski definition) is 1. The molecule has 1 nitrogen and oxygen atoms in total. The number of nitrogens with zero attached hydrogens (tertiary/aromatic N) is 1. The lowest BCUT2D eigenvalue weighted by Gasteiger charge is -2.28. The van der Waals surface area contributed by atoms with Gasteiger partial charge in [0.15, 0.2) is 0 Å². The van der Waals surface area contributed by atoms with E-state index < -0.39 is 0 Å². The molecule has 112 valence electrons. The molecule has 3 aromatic carbocycles. The van der Waals surface area contributed by atoms with Gasteiger partial charge < -0.3 is 4.90 Å². The van der Waals surface area contributed by atoms with Crippen LogP contribution in [-0.4, -0.2) is 0 Å². The van der Waals surface area contributed by atoms with Crippen molar-refractivity contribution in [3.8, 4) is 0 Å². The van der Waals surface area contributed by atoms with Gasteiger partial charge in [0.2, 0.25) is 0 Å². The van der Waals surface area contributed by atoms with Crippen LogP contribution in [0, 0.1) is 0 Å². The molecular weight excluding hydrogens is 325 g/mol. The molecule has 0 atom stereocenters. The Kier molecular flexibility index (Phi) is 3.60. The zero-order valence-electron chi connectivity index (χ0n) is 12.2. The van der Waals surface area contributed by atoms with Crippen molar-refractivity contribution in [2.75, 3.05) is 4.90 Å². The summed E-state index contributed by atoms with van der Waals surface area (Å²) in [5.74, 6) is 0. The van der Waals surface area contributed by atoms with Crippen LogP contribution in [0.2, 0.25) is 10.0 Å². The van der Waals surface area contributed by atoms with Gasteiger partial charge in [-0.15, -0.1) is 0 Å². The topological polar surface area (TPSA) is 3.24 Å². The van der Waals surface area contributed by atoms with Gasteiger partial charge in [-0.1, -0.05) is 77.8 Å². The van der Waals surface area contributed by atoms with Crippen LogP contribution in [-0.2, 0) is 0 Å². The third kappa shape index (κ3) is 2.42. The maximum absolute atomic E-state index is 6.50. The standard InChI is InChI=1S/C20H13Cl2N/c21-16-8-5-9-17(22)20(16)23-18-10-3-1-6-14(18)12-13-15-7-2-4-11-19(15)23/h1-13H. The fourth-order valence-corrected chi connectivity index (χ4v) is 3.48. The van der Waals surface area contributed by atoms with Gasteiger partial charge in [-0.3, -0.25) is 0 Å². The van der Waals surface area contributed by atoms with Crippen LogP contribution in [0.5, 0.6) is 0 Å². The second kappa shape index (κ2) is 5.77. The third-order valence-corrected chi connectivity index (χ3v) is 4.57. The lowest BCUT2D eigenvalue weighted by molar-refractivity contribution is 1.28. The minimum atomic E-state index is 0.629. The maximum Gasteiger partial charge on any atom is 0.0835 e. The zero-order valence-corrected chi connectivity index (χ0v) is 13.7. The first-order valence-electron chi connectivity index (χ1n) is 7.36. The molecule has 1 heterocycles. The molecule has 3 heteroatoms. The van der Waals surface area contributed by atoms with E-state index in [0.717, 1.165) is 28.2 Å². The Morgan fingerprint density at radius 2 is 1.04 bits per heavy atom. The number of benzene rings is 3. The Morgan fingerprint density at radius 3 is 1.57 bits per heavy atom. The second-order valence-corrected chi connectivity index (χ2v) is 6.17. The molecule has 23 heavy (non-hydrogen) atoms. The summed E-state index contributed by atoms with van der Waals surface area (Å²) in [5.41, 5.74) is 5.17. The zero-order chi connectivity index (χ0) is 15.8. The minimum absolute atomic E-state index is 0.629. The predicted octanol–water partition coefficient (Wildman–Crippen LogP) is 6.95. The normalized spacial score (nSPS) is 12.5. The summed E-state index contributed by atoms with van der Waals surface area (Å²) in [6.07, 6.45) is 4.25. The predicted molar refractivity (Wildman–Crippen MR) is 100 cm³/mol.